The second-order valence-electron chi connectivity index (χ2n) is 13.3. The lowest BCUT2D eigenvalue weighted by Crippen LogP contribution is -2.09. The molecule has 0 unspecified atom stereocenters. The van der Waals surface area contributed by atoms with Crippen LogP contribution < -0.4 is 4.90 Å². The van der Waals surface area contributed by atoms with Gasteiger partial charge < -0.3 is 9.32 Å². The van der Waals surface area contributed by atoms with Gasteiger partial charge in [-0.15, -0.1) is 0 Å². The average molecular weight is 695 g/mol. The summed E-state index contributed by atoms with van der Waals surface area (Å²) in [6, 6.07) is 60.6. The minimum atomic E-state index is -0.416. The van der Waals surface area contributed by atoms with Crippen molar-refractivity contribution >= 4 is 49.8 Å². The van der Waals surface area contributed by atoms with Crippen LogP contribution in [-0.4, -0.2) is 0 Å². The van der Waals surface area contributed by atoms with Crippen molar-refractivity contribution in [1.29, 1.82) is 0 Å². The quantitative estimate of drug-likeness (QED) is 0.165. The van der Waals surface area contributed by atoms with Gasteiger partial charge in [-0.25, -0.2) is 0 Å². The summed E-state index contributed by atoms with van der Waals surface area (Å²) >= 11 is 0. The van der Waals surface area contributed by atoms with Crippen LogP contribution in [0.1, 0.15) is 6.85 Å². The van der Waals surface area contributed by atoms with Crippen LogP contribution in [0.3, 0.4) is 0 Å². The standard InChI is InChI=1S/C52H35NO/c1-4-13-36(14-5-1)38-23-29-42(30-24-38)53(43-31-25-39(26-32-43)37-15-6-2-7-16-37)44-33-27-41(28-34-44)45-21-12-22-50-51(45)49-35-48(40-17-8-3-9-18-40)46-19-10-11-20-47(46)52(49)54-50/h1-35H/i3D,8D,9D,17D,18D. The molecular formula is C52H35NO. The number of hydrogen-bond acceptors (Lipinski definition) is 2. The van der Waals surface area contributed by atoms with Gasteiger partial charge in [-0.1, -0.05) is 164 Å². The number of benzene rings is 9. The molecule has 54 heavy (non-hydrogen) atoms. The lowest BCUT2D eigenvalue weighted by Gasteiger charge is -2.26. The van der Waals surface area contributed by atoms with Crippen molar-refractivity contribution in [2.45, 2.75) is 0 Å². The maximum Gasteiger partial charge on any atom is 0.143 e. The van der Waals surface area contributed by atoms with E-state index < -0.39 is 6.04 Å². The highest BCUT2D eigenvalue weighted by Crippen LogP contribution is 2.44. The van der Waals surface area contributed by atoms with E-state index in [1.54, 1.807) is 0 Å². The smallest absolute Gasteiger partial charge is 0.143 e. The molecule has 0 N–H and O–H groups in total. The van der Waals surface area contributed by atoms with Gasteiger partial charge >= 0.3 is 0 Å². The first kappa shape index (κ1) is 26.6. The Kier molecular flexibility index (Phi) is 6.61. The third kappa shape index (κ3) is 5.62. The Balaban J connectivity index is 1.11. The van der Waals surface area contributed by atoms with Gasteiger partial charge in [0.15, 0.2) is 0 Å². The van der Waals surface area contributed by atoms with Crippen LogP contribution in [-0.2, 0) is 0 Å². The topological polar surface area (TPSA) is 16.4 Å². The third-order valence-corrected chi connectivity index (χ3v) is 10.2. The number of rotatable bonds is 7. The minimum absolute atomic E-state index is 0.166. The molecule has 0 fully saturated rings. The Morgan fingerprint density at radius 2 is 0.870 bits per heavy atom. The van der Waals surface area contributed by atoms with Gasteiger partial charge in [-0.2, -0.15) is 0 Å². The van der Waals surface area contributed by atoms with Crippen molar-refractivity contribution < 1.29 is 11.3 Å². The van der Waals surface area contributed by atoms with Crippen LogP contribution >= 0.6 is 0 Å². The molecule has 0 amide bonds. The Hall–Kier alpha value is -7.16. The molecule has 0 aliphatic carbocycles. The molecule has 2 nitrogen and oxygen atoms in total. The zero-order valence-electron chi connectivity index (χ0n) is 34.2. The molecule has 0 atom stereocenters. The fraction of sp³-hybridized carbons (Fsp3) is 0. The van der Waals surface area contributed by atoms with Crippen molar-refractivity contribution in [2.75, 3.05) is 4.90 Å². The van der Waals surface area contributed by atoms with Gasteiger partial charge in [-0.3, -0.25) is 0 Å². The van der Waals surface area contributed by atoms with Crippen LogP contribution in [0.25, 0.3) is 77.2 Å². The normalized spacial score (nSPS) is 12.6. The van der Waals surface area contributed by atoms with E-state index in [9.17, 15) is 0 Å². The monoisotopic (exact) mass is 694 g/mol. The summed E-state index contributed by atoms with van der Waals surface area (Å²) in [5.74, 6) is 0. The number of anilines is 3. The van der Waals surface area contributed by atoms with Gasteiger partial charge in [0.05, 0.1) is 6.85 Å². The molecule has 1 aromatic heterocycles. The van der Waals surface area contributed by atoms with Crippen molar-refractivity contribution in [1.82, 2.24) is 0 Å². The van der Waals surface area contributed by atoms with Crippen molar-refractivity contribution in [3.05, 3.63) is 212 Å². The Morgan fingerprint density at radius 1 is 0.370 bits per heavy atom. The Bertz CT molecular complexity index is 3070. The summed E-state index contributed by atoms with van der Waals surface area (Å²) in [4.78, 5) is 2.26. The molecule has 0 bridgehead atoms. The zero-order valence-corrected chi connectivity index (χ0v) is 29.2. The van der Waals surface area contributed by atoms with E-state index in [0.29, 0.717) is 16.7 Å². The minimum Gasteiger partial charge on any atom is -0.455 e. The molecule has 0 saturated carbocycles. The number of hydrogen-bond donors (Lipinski definition) is 0. The first-order valence-corrected chi connectivity index (χ1v) is 18.0. The summed E-state index contributed by atoms with van der Waals surface area (Å²) < 4.78 is 49.3. The molecule has 0 saturated heterocycles. The highest BCUT2D eigenvalue weighted by Gasteiger charge is 2.19. The molecule has 10 aromatic rings. The second-order valence-corrected chi connectivity index (χ2v) is 13.3. The Labute approximate surface area is 321 Å². The molecular weight excluding hydrogens is 655 g/mol. The van der Waals surface area contributed by atoms with Crippen LogP contribution in [0.4, 0.5) is 17.1 Å². The third-order valence-electron chi connectivity index (χ3n) is 10.2. The summed E-state index contributed by atoms with van der Waals surface area (Å²) in [5.41, 5.74) is 11.7. The highest BCUT2D eigenvalue weighted by molar-refractivity contribution is 6.22. The van der Waals surface area contributed by atoms with Gasteiger partial charge in [0.1, 0.15) is 11.2 Å². The van der Waals surface area contributed by atoms with Crippen LogP contribution in [0.2, 0.25) is 0 Å². The molecule has 254 valence electrons. The van der Waals surface area contributed by atoms with Crippen molar-refractivity contribution in [3.63, 3.8) is 0 Å². The van der Waals surface area contributed by atoms with Gasteiger partial charge in [0, 0.05) is 33.2 Å². The molecule has 10 rings (SSSR count). The lowest BCUT2D eigenvalue weighted by molar-refractivity contribution is 0.673. The van der Waals surface area contributed by atoms with Gasteiger partial charge in [0.2, 0.25) is 0 Å². The molecule has 2 heteroatoms. The van der Waals surface area contributed by atoms with Crippen LogP contribution in [0, 0.1) is 0 Å². The lowest BCUT2D eigenvalue weighted by atomic mass is 9.93. The van der Waals surface area contributed by atoms with E-state index in [0.717, 1.165) is 72.0 Å². The highest BCUT2D eigenvalue weighted by atomic mass is 16.3. The first-order valence-electron chi connectivity index (χ1n) is 20.5. The van der Waals surface area contributed by atoms with E-state index in [-0.39, 0.29) is 29.7 Å². The Morgan fingerprint density at radius 3 is 1.44 bits per heavy atom. The first-order chi connectivity index (χ1) is 28.9. The number of furan rings is 1. The molecule has 0 radical (unpaired) electrons. The second kappa shape index (κ2) is 13.4. The number of nitrogens with zero attached hydrogens (tertiary/aromatic N) is 1. The predicted octanol–water partition coefficient (Wildman–Crippen LogP) is 14.9. The van der Waals surface area contributed by atoms with E-state index >= 15 is 0 Å². The fourth-order valence-corrected chi connectivity index (χ4v) is 7.58. The maximum absolute atomic E-state index is 8.84. The van der Waals surface area contributed by atoms with Crippen molar-refractivity contribution in [2.24, 2.45) is 0 Å². The zero-order chi connectivity index (χ0) is 40.2. The molecule has 0 aliphatic heterocycles. The van der Waals surface area contributed by atoms with E-state index in [1.807, 2.05) is 54.6 Å². The van der Waals surface area contributed by atoms with Crippen molar-refractivity contribution in [3.8, 4) is 44.5 Å². The fourth-order valence-electron chi connectivity index (χ4n) is 7.58. The largest absolute Gasteiger partial charge is 0.455 e. The van der Waals surface area contributed by atoms with Gasteiger partial charge in [0.25, 0.3) is 0 Å². The summed E-state index contributed by atoms with van der Waals surface area (Å²) in [6.07, 6.45) is 0. The van der Waals surface area contributed by atoms with E-state index in [1.165, 1.54) is 0 Å². The maximum atomic E-state index is 8.84. The SMILES string of the molecule is [2H]c1c([2H])c([2H])c(-c2cc3c(oc4cccc(-c5ccc(N(c6ccc(-c7ccccc7)cc6)c6ccc(-c7ccccc7)cc6)cc5)c43)c3ccccc23)c([2H])c1[2H]. The average Bonchev–Trinajstić information content (AvgIpc) is 3.68. The van der Waals surface area contributed by atoms with Crippen LogP contribution in [0.5, 0.6) is 0 Å². The predicted molar refractivity (Wildman–Crippen MR) is 228 cm³/mol. The molecule has 0 aliphatic rings. The molecule has 9 aromatic carbocycles. The van der Waals surface area contributed by atoms with Gasteiger partial charge in [-0.05, 0) is 98.4 Å². The molecule has 1 heterocycles. The number of fused-ring (bicyclic) bond motifs is 5. The molecule has 0 spiro atoms. The summed E-state index contributed by atoms with van der Waals surface area (Å²) in [6.45, 7) is 0. The van der Waals surface area contributed by atoms with Crippen LogP contribution in [0.15, 0.2) is 217 Å². The van der Waals surface area contributed by atoms with E-state index in [2.05, 4.69) is 132 Å². The van der Waals surface area contributed by atoms with E-state index in [4.69, 9.17) is 11.3 Å². The summed E-state index contributed by atoms with van der Waals surface area (Å²) in [5, 5.41) is 3.24. The summed E-state index contributed by atoms with van der Waals surface area (Å²) in [7, 11) is 0.